The first-order chi connectivity index (χ1) is 21.0. The molecular formula is C33H33NO10. The Labute approximate surface area is 252 Å². The second kappa shape index (κ2) is 11.5. The number of carbonyl (C=O) groups is 3. The van der Waals surface area contributed by atoms with E-state index >= 15 is 0 Å². The van der Waals surface area contributed by atoms with Crippen LogP contribution in [-0.4, -0.2) is 74.5 Å². The molecule has 230 valence electrons. The number of carbonyl (C=O) groups excluding carboxylic acids is 3. The Morgan fingerprint density at radius 2 is 1.61 bits per heavy atom. The predicted octanol–water partition coefficient (Wildman–Crippen LogP) is 2.22. The van der Waals surface area contributed by atoms with E-state index < -0.39 is 90.1 Å². The molecule has 1 aliphatic heterocycles. The van der Waals surface area contributed by atoms with Crippen molar-refractivity contribution in [2.45, 2.75) is 69.0 Å². The molecule has 1 fully saturated rings. The van der Waals surface area contributed by atoms with E-state index in [1.165, 1.54) is 12.1 Å². The number of ketones is 3. The maximum atomic E-state index is 13.5. The number of fused-ring (bicyclic) bond motifs is 3. The smallest absolute Gasteiger partial charge is 0.198 e. The van der Waals surface area contributed by atoms with Crippen molar-refractivity contribution in [3.63, 3.8) is 0 Å². The van der Waals surface area contributed by atoms with Gasteiger partial charge in [0.1, 0.15) is 23.7 Å². The van der Waals surface area contributed by atoms with Crippen molar-refractivity contribution in [2.24, 2.45) is 5.73 Å². The topological polar surface area (TPSA) is 186 Å². The SMILES string of the molecule is C[C@@H]1O[C@@H](O[C@H]2C[C@](O)(C(=O)CO)Cc3c(O)c4c(c(O)c32)C(=O)c2ccccc2C4=O)C[C@H](N)[C@@H]1OCc1ccccc1. The zero-order chi connectivity index (χ0) is 31.3. The molecule has 3 aliphatic rings. The van der Waals surface area contributed by atoms with Gasteiger partial charge < -0.3 is 40.4 Å². The predicted molar refractivity (Wildman–Crippen MR) is 154 cm³/mol. The highest BCUT2D eigenvalue weighted by atomic mass is 16.7. The molecule has 3 aromatic carbocycles. The van der Waals surface area contributed by atoms with Crippen LogP contribution in [0, 0.1) is 0 Å². The van der Waals surface area contributed by atoms with Crippen LogP contribution in [0.25, 0.3) is 0 Å². The largest absolute Gasteiger partial charge is 0.507 e. The van der Waals surface area contributed by atoms with Crippen LogP contribution >= 0.6 is 0 Å². The summed E-state index contributed by atoms with van der Waals surface area (Å²) in [7, 11) is 0. The van der Waals surface area contributed by atoms with Gasteiger partial charge in [0.05, 0.1) is 36.0 Å². The van der Waals surface area contributed by atoms with E-state index in [1.807, 2.05) is 30.3 Å². The standard InChI is InChI=1S/C33H33NO10/c1-16-32(42-15-17-7-3-2-4-8-17)21(34)11-24(43-16)44-22-13-33(41,23(36)14-35)12-20-25(22)31(40)27-26(30(20)39)28(37)18-9-5-6-10-19(18)29(27)38/h2-10,16,21-22,24,32,35,39-41H,11-15,34H2,1H3/t16-,21-,22-,24-,32+,33-/m0/s1. The first-order valence-corrected chi connectivity index (χ1v) is 14.4. The van der Waals surface area contributed by atoms with Crippen LogP contribution in [0.5, 0.6) is 11.5 Å². The number of aromatic hydroxyl groups is 2. The summed E-state index contributed by atoms with van der Waals surface area (Å²) in [5, 5.41) is 44.0. The Morgan fingerprint density at radius 1 is 1.00 bits per heavy atom. The molecule has 1 saturated heterocycles. The zero-order valence-corrected chi connectivity index (χ0v) is 23.9. The van der Waals surface area contributed by atoms with Crippen molar-refractivity contribution in [1.29, 1.82) is 0 Å². The monoisotopic (exact) mass is 603 g/mol. The Balaban J connectivity index is 1.34. The summed E-state index contributed by atoms with van der Waals surface area (Å²) in [6.07, 6.45) is -4.11. The quantitative estimate of drug-likeness (QED) is 0.195. The average Bonchev–Trinajstić information content (AvgIpc) is 3.01. The van der Waals surface area contributed by atoms with Crippen LogP contribution in [0.2, 0.25) is 0 Å². The molecule has 0 amide bonds. The molecule has 0 aromatic heterocycles. The highest BCUT2D eigenvalue weighted by Gasteiger charge is 2.50. The van der Waals surface area contributed by atoms with Gasteiger partial charge in [-0.3, -0.25) is 14.4 Å². The second-order valence-electron chi connectivity index (χ2n) is 11.6. The maximum Gasteiger partial charge on any atom is 0.198 e. The van der Waals surface area contributed by atoms with Gasteiger partial charge >= 0.3 is 0 Å². The Kier molecular flexibility index (Phi) is 7.87. The minimum atomic E-state index is -2.21. The highest BCUT2D eigenvalue weighted by molar-refractivity contribution is 6.30. The molecular weight excluding hydrogens is 570 g/mol. The van der Waals surface area contributed by atoms with Gasteiger partial charge in [-0.05, 0) is 12.5 Å². The molecule has 0 saturated carbocycles. The lowest BCUT2D eigenvalue weighted by Crippen LogP contribution is -2.54. The van der Waals surface area contributed by atoms with E-state index in [0.29, 0.717) is 6.61 Å². The van der Waals surface area contributed by atoms with Gasteiger partial charge in [-0.1, -0.05) is 54.6 Å². The molecule has 6 rings (SSSR count). The molecule has 1 heterocycles. The third kappa shape index (κ3) is 5.01. The summed E-state index contributed by atoms with van der Waals surface area (Å²) < 4.78 is 18.4. The van der Waals surface area contributed by atoms with Gasteiger partial charge in [0.2, 0.25) is 0 Å². The minimum Gasteiger partial charge on any atom is -0.507 e. The number of rotatable bonds is 7. The molecule has 11 heteroatoms. The molecule has 11 nitrogen and oxygen atoms in total. The van der Waals surface area contributed by atoms with Gasteiger partial charge in [0.25, 0.3) is 0 Å². The number of hydrogen-bond acceptors (Lipinski definition) is 11. The zero-order valence-electron chi connectivity index (χ0n) is 23.9. The lowest BCUT2D eigenvalue weighted by molar-refractivity contribution is -0.254. The third-order valence-corrected chi connectivity index (χ3v) is 8.75. The van der Waals surface area contributed by atoms with Crippen molar-refractivity contribution in [3.8, 4) is 11.5 Å². The van der Waals surface area contributed by atoms with Crippen LogP contribution in [0.4, 0.5) is 0 Å². The molecule has 6 atom stereocenters. The summed E-state index contributed by atoms with van der Waals surface area (Å²) in [4.78, 5) is 39.7. The minimum absolute atomic E-state index is 0.0487. The number of phenolic OH excluding ortho intramolecular Hbond substituents is 2. The van der Waals surface area contributed by atoms with Crippen LogP contribution < -0.4 is 5.73 Å². The summed E-state index contributed by atoms with van der Waals surface area (Å²) in [5.74, 6) is -3.55. The lowest BCUT2D eigenvalue weighted by atomic mass is 9.72. The molecule has 0 radical (unpaired) electrons. The number of aliphatic hydroxyl groups excluding tert-OH is 1. The van der Waals surface area contributed by atoms with Gasteiger partial charge in [0, 0.05) is 47.6 Å². The Bertz CT molecular complexity index is 1630. The van der Waals surface area contributed by atoms with Crippen molar-refractivity contribution >= 4 is 17.3 Å². The van der Waals surface area contributed by atoms with Crippen molar-refractivity contribution in [2.75, 3.05) is 6.61 Å². The van der Waals surface area contributed by atoms with Gasteiger partial charge in [0.15, 0.2) is 23.6 Å². The average molecular weight is 604 g/mol. The van der Waals surface area contributed by atoms with Crippen molar-refractivity contribution in [1.82, 2.24) is 0 Å². The number of nitrogens with two attached hydrogens (primary N) is 1. The molecule has 0 unspecified atom stereocenters. The first-order valence-electron chi connectivity index (χ1n) is 14.4. The Hall–Kier alpha value is -3.97. The van der Waals surface area contributed by atoms with E-state index in [1.54, 1.807) is 19.1 Å². The van der Waals surface area contributed by atoms with E-state index in [0.717, 1.165) is 5.56 Å². The van der Waals surface area contributed by atoms with Crippen LogP contribution in [0.3, 0.4) is 0 Å². The fourth-order valence-electron chi connectivity index (χ4n) is 6.53. The van der Waals surface area contributed by atoms with E-state index in [2.05, 4.69) is 0 Å². The van der Waals surface area contributed by atoms with E-state index in [-0.39, 0.29) is 34.2 Å². The van der Waals surface area contributed by atoms with Crippen LogP contribution in [-0.2, 0) is 32.0 Å². The highest BCUT2D eigenvalue weighted by Crippen LogP contribution is 2.52. The molecule has 44 heavy (non-hydrogen) atoms. The number of aliphatic hydroxyl groups is 2. The fourth-order valence-corrected chi connectivity index (χ4v) is 6.53. The molecule has 0 spiro atoms. The summed E-state index contributed by atoms with van der Waals surface area (Å²) in [6.45, 7) is 1.09. The number of phenols is 2. The lowest BCUT2D eigenvalue weighted by Gasteiger charge is -2.43. The summed E-state index contributed by atoms with van der Waals surface area (Å²) >= 11 is 0. The Morgan fingerprint density at radius 3 is 2.23 bits per heavy atom. The molecule has 3 aromatic rings. The van der Waals surface area contributed by atoms with Gasteiger partial charge in [-0.2, -0.15) is 0 Å². The van der Waals surface area contributed by atoms with Crippen molar-refractivity contribution < 1.29 is 49.0 Å². The number of ether oxygens (including phenoxy) is 3. The molecule has 6 N–H and O–H groups in total. The molecule has 2 aliphatic carbocycles. The van der Waals surface area contributed by atoms with Gasteiger partial charge in [-0.15, -0.1) is 0 Å². The number of hydrogen-bond donors (Lipinski definition) is 5. The third-order valence-electron chi connectivity index (χ3n) is 8.75. The number of benzene rings is 3. The molecule has 0 bridgehead atoms. The second-order valence-corrected chi connectivity index (χ2v) is 11.6. The van der Waals surface area contributed by atoms with Crippen molar-refractivity contribution in [3.05, 3.63) is 93.5 Å². The fraction of sp³-hybridized carbons (Fsp3) is 0.364. The normalized spacial score (nSPS) is 27.8. The maximum absolute atomic E-state index is 13.5. The summed E-state index contributed by atoms with van der Waals surface area (Å²) in [5.41, 5.74) is 4.34. The summed E-state index contributed by atoms with van der Waals surface area (Å²) in [6, 6.07) is 15.1. The van der Waals surface area contributed by atoms with E-state index in [9.17, 15) is 34.8 Å². The van der Waals surface area contributed by atoms with Gasteiger partial charge in [-0.25, -0.2) is 0 Å². The van der Waals surface area contributed by atoms with E-state index in [4.69, 9.17) is 19.9 Å². The van der Waals surface area contributed by atoms with Crippen LogP contribution in [0.15, 0.2) is 54.6 Å². The van der Waals surface area contributed by atoms with Crippen LogP contribution in [0.1, 0.15) is 74.4 Å². The first kappa shape index (κ1) is 30.1. The number of Topliss-reactive ketones (excluding diaryl/α,β-unsaturated/α-hetero) is 1.